The normalized spacial score (nSPS) is 11.6. The van der Waals surface area contributed by atoms with Crippen molar-refractivity contribution in [3.63, 3.8) is 0 Å². The Morgan fingerprint density at radius 1 is 1.03 bits per heavy atom. The molecule has 158 valence electrons. The van der Waals surface area contributed by atoms with Gasteiger partial charge in [0.05, 0.1) is 6.07 Å². The summed E-state index contributed by atoms with van der Waals surface area (Å²) in [5, 5.41) is 19.9. The van der Waals surface area contributed by atoms with Crippen LogP contribution in [-0.4, -0.2) is 16.1 Å². The maximum Gasteiger partial charge on any atom is 0.252 e. The highest BCUT2D eigenvalue weighted by molar-refractivity contribution is 5.95. The summed E-state index contributed by atoms with van der Waals surface area (Å²) in [6.07, 6.45) is 0. The van der Waals surface area contributed by atoms with E-state index in [1.807, 2.05) is 37.3 Å². The molecule has 1 amide bonds. The summed E-state index contributed by atoms with van der Waals surface area (Å²) < 4.78 is 32.8. The number of aromatic nitrogens is 2. The van der Waals surface area contributed by atoms with Gasteiger partial charge in [0.2, 0.25) is 11.8 Å². The number of rotatable bonds is 5. The highest BCUT2D eigenvalue weighted by Gasteiger charge is 2.19. The predicted octanol–water partition coefficient (Wildman–Crippen LogP) is 4.98. The highest BCUT2D eigenvalue weighted by Crippen LogP contribution is 2.26. The molecule has 0 saturated heterocycles. The number of hydrogen-bond donors (Lipinski definition) is 1. The minimum Gasteiger partial charge on any atom is -0.416 e. The molecule has 1 aromatic heterocycles. The van der Waals surface area contributed by atoms with E-state index in [2.05, 4.69) is 15.5 Å². The van der Waals surface area contributed by atoms with E-state index in [0.717, 1.165) is 23.3 Å². The number of benzene rings is 3. The monoisotopic (exact) mass is 430 g/mol. The molecule has 0 aliphatic heterocycles. The van der Waals surface area contributed by atoms with Gasteiger partial charge in [-0.1, -0.05) is 24.3 Å². The second-order valence-electron chi connectivity index (χ2n) is 7.01. The molecule has 1 unspecified atom stereocenters. The van der Waals surface area contributed by atoms with Gasteiger partial charge in [0.25, 0.3) is 5.91 Å². The van der Waals surface area contributed by atoms with Crippen LogP contribution in [0.25, 0.3) is 22.9 Å². The molecule has 0 spiro atoms. The molecule has 0 saturated carbocycles. The van der Waals surface area contributed by atoms with Crippen LogP contribution in [0.15, 0.2) is 71.1 Å². The molecule has 4 rings (SSSR count). The zero-order valence-corrected chi connectivity index (χ0v) is 16.8. The second-order valence-corrected chi connectivity index (χ2v) is 7.01. The smallest absolute Gasteiger partial charge is 0.252 e. The van der Waals surface area contributed by atoms with E-state index in [0.29, 0.717) is 23.4 Å². The van der Waals surface area contributed by atoms with Crippen LogP contribution in [0.5, 0.6) is 0 Å². The van der Waals surface area contributed by atoms with Crippen LogP contribution < -0.4 is 5.32 Å². The standard InChI is InChI=1S/C24H16F2N4O2/c1-14-4-2-3-5-18(14)24-30-29-23(32-24)16-8-6-15(7-9-16)22(31)28-21(13-27)19-11-10-17(25)12-20(19)26/h2-12,21H,1H3,(H,28,31). The number of nitriles is 1. The quantitative estimate of drug-likeness (QED) is 0.482. The third-order valence-corrected chi connectivity index (χ3v) is 4.87. The zero-order chi connectivity index (χ0) is 22.7. The van der Waals surface area contributed by atoms with Crippen molar-refractivity contribution in [2.24, 2.45) is 0 Å². The fraction of sp³-hybridized carbons (Fsp3) is 0.0833. The van der Waals surface area contributed by atoms with Crippen LogP contribution in [0.3, 0.4) is 0 Å². The van der Waals surface area contributed by atoms with Crippen molar-refractivity contribution in [2.75, 3.05) is 0 Å². The largest absolute Gasteiger partial charge is 0.416 e. The van der Waals surface area contributed by atoms with Crippen LogP contribution in [0, 0.1) is 29.9 Å². The molecule has 0 bridgehead atoms. The Labute approximate surface area is 182 Å². The van der Waals surface area contributed by atoms with Gasteiger partial charge in [-0.3, -0.25) is 4.79 Å². The van der Waals surface area contributed by atoms with E-state index in [-0.39, 0.29) is 11.1 Å². The Hall–Kier alpha value is -4.38. The van der Waals surface area contributed by atoms with Gasteiger partial charge >= 0.3 is 0 Å². The molecular weight excluding hydrogens is 414 g/mol. The van der Waals surface area contributed by atoms with Crippen molar-refractivity contribution in [3.05, 3.63) is 95.1 Å². The van der Waals surface area contributed by atoms with Crippen LogP contribution in [0.2, 0.25) is 0 Å². The van der Waals surface area contributed by atoms with Gasteiger partial charge in [-0.05, 0) is 48.9 Å². The lowest BCUT2D eigenvalue weighted by Crippen LogP contribution is -2.28. The Morgan fingerprint density at radius 2 is 1.75 bits per heavy atom. The summed E-state index contributed by atoms with van der Waals surface area (Å²) in [5.74, 6) is -1.58. The fourth-order valence-electron chi connectivity index (χ4n) is 3.16. The van der Waals surface area contributed by atoms with Crippen LogP contribution in [0.1, 0.15) is 27.5 Å². The summed E-state index contributed by atoms with van der Waals surface area (Å²) in [5.41, 5.74) is 2.57. The number of amides is 1. The van der Waals surface area contributed by atoms with Crippen molar-refractivity contribution in [2.45, 2.75) is 13.0 Å². The molecule has 0 aliphatic rings. The number of carbonyl (C=O) groups excluding carboxylic acids is 1. The summed E-state index contributed by atoms with van der Waals surface area (Å²) in [7, 11) is 0. The fourth-order valence-corrected chi connectivity index (χ4v) is 3.16. The highest BCUT2D eigenvalue weighted by atomic mass is 19.1. The number of hydrogen-bond acceptors (Lipinski definition) is 5. The van der Waals surface area contributed by atoms with Gasteiger partial charge in [-0.25, -0.2) is 8.78 Å². The second kappa shape index (κ2) is 8.78. The molecule has 8 heteroatoms. The van der Waals surface area contributed by atoms with E-state index in [1.165, 1.54) is 12.1 Å². The van der Waals surface area contributed by atoms with Gasteiger partial charge in [0.15, 0.2) is 0 Å². The number of aryl methyl sites for hydroxylation is 1. The van der Waals surface area contributed by atoms with E-state index in [1.54, 1.807) is 12.1 Å². The number of nitrogens with zero attached hydrogens (tertiary/aromatic N) is 3. The maximum atomic E-state index is 14.0. The molecule has 1 heterocycles. The Morgan fingerprint density at radius 3 is 2.44 bits per heavy atom. The topological polar surface area (TPSA) is 91.8 Å². The lowest BCUT2D eigenvalue weighted by atomic mass is 10.1. The van der Waals surface area contributed by atoms with Gasteiger partial charge in [-0.2, -0.15) is 5.26 Å². The van der Waals surface area contributed by atoms with Crippen LogP contribution in [-0.2, 0) is 0 Å². The first kappa shape index (κ1) is 20.9. The summed E-state index contributed by atoms with van der Waals surface area (Å²) in [6.45, 7) is 1.94. The molecular formula is C24H16F2N4O2. The zero-order valence-electron chi connectivity index (χ0n) is 16.8. The van der Waals surface area contributed by atoms with E-state index >= 15 is 0 Å². The molecule has 0 radical (unpaired) electrons. The summed E-state index contributed by atoms with van der Waals surface area (Å²) >= 11 is 0. The molecule has 1 N–H and O–H groups in total. The average molecular weight is 430 g/mol. The van der Waals surface area contributed by atoms with E-state index in [9.17, 15) is 18.8 Å². The number of nitrogens with one attached hydrogen (secondary N) is 1. The molecule has 4 aromatic rings. The minimum absolute atomic E-state index is 0.117. The lowest BCUT2D eigenvalue weighted by Gasteiger charge is -2.13. The molecule has 32 heavy (non-hydrogen) atoms. The third-order valence-electron chi connectivity index (χ3n) is 4.87. The first-order chi connectivity index (χ1) is 15.5. The SMILES string of the molecule is Cc1ccccc1-c1nnc(-c2ccc(C(=O)NC(C#N)c3ccc(F)cc3F)cc2)o1. The van der Waals surface area contributed by atoms with Crippen molar-refractivity contribution in [1.82, 2.24) is 15.5 Å². The van der Waals surface area contributed by atoms with Gasteiger partial charge in [0.1, 0.15) is 17.7 Å². The molecule has 6 nitrogen and oxygen atoms in total. The van der Waals surface area contributed by atoms with E-state index in [4.69, 9.17) is 4.42 Å². The minimum atomic E-state index is -1.27. The van der Waals surface area contributed by atoms with Gasteiger partial charge in [0, 0.05) is 28.3 Å². The maximum absolute atomic E-state index is 14.0. The Kier molecular flexibility index (Phi) is 5.73. The van der Waals surface area contributed by atoms with Crippen molar-refractivity contribution >= 4 is 5.91 Å². The molecule has 0 fully saturated rings. The van der Waals surface area contributed by atoms with Gasteiger partial charge < -0.3 is 9.73 Å². The van der Waals surface area contributed by atoms with Crippen LogP contribution >= 0.6 is 0 Å². The van der Waals surface area contributed by atoms with Crippen LogP contribution in [0.4, 0.5) is 8.78 Å². The third kappa shape index (κ3) is 4.23. The van der Waals surface area contributed by atoms with Crippen molar-refractivity contribution in [1.29, 1.82) is 5.26 Å². The van der Waals surface area contributed by atoms with Crippen molar-refractivity contribution < 1.29 is 18.0 Å². The predicted molar refractivity (Wildman–Crippen MR) is 112 cm³/mol. The van der Waals surface area contributed by atoms with E-state index < -0.39 is 23.6 Å². The average Bonchev–Trinajstić information content (AvgIpc) is 3.28. The summed E-state index contributed by atoms with van der Waals surface area (Å²) in [6, 6.07) is 17.3. The Balaban J connectivity index is 1.51. The molecule has 3 aromatic carbocycles. The molecule has 1 atom stereocenters. The first-order valence-electron chi connectivity index (χ1n) is 9.61. The number of carbonyl (C=O) groups is 1. The lowest BCUT2D eigenvalue weighted by molar-refractivity contribution is 0.0944. The number of halogens is 2. The first-order valence-corrected chi connectivity index (χ1v) is 9.61. The summed E-state index contributed by atoms with van der Waals surface area (Å²) in [4.78, 5) is 12.5. The van der Waals surface area contributed by atoms with Crippen molar-refractivity contribution in [3.8, 4) is 29.0 Å². The Bertz CT molecular complexity index is 1330. The molecule has 0 aliphatic carbocycles. The van der Waals surface area contributed by atoms with Gasteiger partial charge in [-0.15, -0.1) is 10.2 Å².